The van der Waals surface area contributed by atoms with Gasteiger partial charge < -0.3 is 10.1 Å². The van der Waals surface area contributed by atoms with E-state index in [1.807, 2.05) is 54.6 Å². The van der Waals surface area contributed by atoms with Crippen molar-refractivity contribution in [2.45, 2.75) is 12.1 Å². The average Bonchev–Trinajstić information content (AvgIpc) is 3.05. The number of cyclic esters (lactones) is 1. The van der Waals surface area contributed by atoms with Gasteiger partial charge >= 0.3 is 6.09 Å². The van der Waals surface area contributed by atoms with Gasteiger partial charge in [0.1, 0.15) is 5.82 Å². The monoisotopic (exact) mass is 333 g/mol. The Morgan fingerprint density at radius 3 is 2.28 bits per heavy atom. The minimum atomic E-state index is -0.487. The van der Waals surface area contributed by atoms with Crippen molar-refractivity contribution in [1.82, 2.24) is 5.32 Å². The van der Waals surface area contributed by atoms with Crippen LogP contribution in [-0.2, 0) is 4.74 Å². The molecule has 124 valence electrons. The van der Waals surface area contributed by atoms with Gasteiger partial charge in [-0.1, -0.05) is 60.7 Å². The molecule has 2 atom stereocenters. The number of halogens is 1. The van der Waals surface area contributed by atoms with Crippen LogP contribution >= 0.6 is 0 Å². The van der Waals surface area contributed by atoms with Gasteiger partial charge in [0.25, 0.3) is 0 Å². The van der Waals surface area contributed by atoms with E-state index in [9.17, 15) is 9.18 Å². The van der Waals surface area contributed by atoms with E-state index in [4.69, 9.17) is 4.74 Å². The third kappa shape index (κ3) is 3.11. The number of amides is 1. The van der Waals surface area contributed by atoms with Gasteiger partial charge in [0, 0.05) is 0 Å². The first-order chi connectivity index (χ1) is 12.2. The normalized spacial score (nSPS) is 19.3. The first-order valence-corrected chi connectivity index (χ1v) is 8.09. The molecule has 0 saturated carbocycles. The van der Waals surface area contributed by atoms with Gasteiger partial charge in [0.05, 0.1) is 6.04 Å². The highest BCUT2D eigenvalue weighted by Crippen LogP contribution is 2.37. The Labute approximate surface area is 145 Å². The van der Waals surface area contributed by atoms with Crippen LogP contribution in [0.4, 0.5) is 9.18 Å². The van der Waals surface area contributed by atoms with Crippen molar-refractivity contribution < 1.29 is 13.9 Å². The summed E-state index contributed by atoms with van der Waals surface area (Å²) < 4.78 is 18.6. The second-order valence-electron chi connectivity index (χ2n) is 5.99. The van der Waals surface area contributed by atoms with Gasteiger partial charge in [-0.2, -0.15) is 0 Å². The molecule has 4 heteroatoms. The number of alkyl carbamates (subject to hydrolysis) is 1. The zero-order valence-corrected chi connectivity index (χ0v) is 13.4. The lowest BCUT2D eigenvalue weighted by Gasteiger charge is -2.18. The second-order valence-corrected chi connectivity index (χ2v) is 5.99. The van der Waals surface area contributed by atoms with Gasteiger partial charge in [-0.25, -0.2) is 9.18 Å². The fourth-order valence-corrected chi connectivity index (χ4v) is 3.13. The van der Waals surface area contributed by atoms with Gasteiger partial charge in [-0.05, 0) is 40.5 Å². The maximum absolute atomic E-state index is 13.2. The highest BCUT2D eigenvalue weighted by molar-refractivity contribution is 5.72. The maximum Gasteiger partial charge on any atom is 0.408 e. The van der Waals surface area contributed by atoms with E-state index in [-0.39, 0.29) is 11.9 Å². The molecule has 1 saturated heterocycles. The number of nitrogens with one attached hydrogen (secondary N) is 1. The first-order valence-electron chi connectivity index (χ1n) is 8.09. The van der Waals surface area contributed by atoms with Crippen molar-refractivity contribution >= 4 is 6.09 Å². The molecular weight excluding hydrogens is 317 g/mol. The Balaban J connectivity index is 1.70. The van der Waals surface area contributed by atoms with Crippen molar-refractivity contribution in [3.05, 3.63) is 95.8 Å². The van der Waals surface area contributed by atoms with Crippen LogP contribution in [0, 0.1) is 5.82 Å². The Morgan fingerprint density at radius 2 is 1.52 bits per heavy atom. The predicted molar refractivity (Wildman–Crippen MR) is 93.4 cm³/mol. The van der Waals surface area contributed by atoms with Gasteiger partial charge in [-0.15, -0.1) is 0 Å². The molecule has 1 N–H and O–H groups in total. The number of hydrogen-bond donors (Lipinski definition) is 1. The lowest BCUT2D eigenvalue weighted by Crippen LogP contribution is -2.19. The van der Waals surface area contributed by atoms with Crippen LogP contribution in [0.25, 0.3) is 11.1 Å². The minimum absolute atomic E-state index is 0.316. The molecule has 0 radical (unpaired) electrons. The third-order valence-corrected chi connectivity index (χ3v) is 4.36. The fourth-order valence-electron chi connectivity index (χ4n) is 3.13. The van der Waals surface area contributed by atoms with Crippen LogP contribution in [0.5, 0.6) is 0 Å². The lowest BCUT2D eigenvalue weighted by molar-refractivity contribution is 0.132. The number of rotatable bonds is 3. The van der Waals surface area contributed by atoms with E-state index >= 15 is 0 Å². The average molecular weight is 333 g/mol. The SMILES string of the molecule is O=C1N[C@@H](c2cccc(-c3ccccc3)c2)[C@H](c2ccc(F)cc2)O1. The molecule has 0 aliphatic carbocycles. The number of carbonyl (C=O) groups is 1. The molecule has 1 aliphatic rings. The fraction of sp³-hybridized carbons (Fsp3) is 0.0952. The summed E-state index contributed by atoms with van der Waals surface area (Å²) in [6, 6.07) is 23.8. The summed E-state index contributed by atoms with van der Waals surface area (Å²) in [5.41, 5.74) is 3.88. The van der Waals surface area contributed by atoms with E-state index in [1.54, 1.807) is 12.1 Å². The number of benzene rings is 3. The van der Waals surface area contributed by atoms with Crippen molar-refractivity contribution in [2.75, 3.05) is 0 Å². The van der Waals surface area contributed by atoms with Crippen LogP contribution in [0.2, 0.25) is 0 Å². The molecule has 25 heavy (non-hydrogen) atoms. The topological polar surface area (TPSA) is 38.3 Å². The summed E-state index contributed by atoms with van der Waals surface area (Å²) in [5.74, 6) is -0.316. The molecular formula is C21H16FNO2. The Morgan fingerprint density at radius 1 is 0.800 bits per heavy atom. The van der Waals surface area contributed by atoms with Crippen LogP contribution in [0.15, 0.2) is 78.9 Å². The molecule has 1 aliphatic heterocycles. The van der Waals surface area contributed by atoms with Gasteiger partial charge in [0.2, 0.25) is 0 Å². The number of hydrogen-bond acceptors (Lipinski definition) is 2. The minimum Gasteiger partial charge on any atom is -0.439 e. The lowest BCUT2D eigenvalue weighted by atomic mass is 9.94. The Bertz CT molecular complexity index is 893. The second kappa shape index (κ2) is 6.40. The van der Waals surface area contributed by atoms with E-state index in [1.165, 1.54) is 12.1 Å². The van der Waals surface area contributed by atoms with Crippen molar-refractivity contribution in [1.29, 1.82) is 0 Å². The molecule has 3 nitrogen and oxygen atoms in total. The summed E-state index contributed by atoms with van der Waals surface area (Å²) in [6.07, 6.45) is -0.955. The van der Waals surface area contributed by atoms with Gasteiger partial charge in [0.15, 0.2) is 6.10 Å². The summed E-state index contributed by atoms with van der Waals surface area (Å²) in [6.45, 7) is 0. The third-order valence-electron chi connectivity index (χ3n) is 4.36. The molecule has 1 amide bonds. The number of carbonyl (C=O) groups excluding carboxylic acids is 1. The molecule has 3 aromatic rings. The number of ether oxygens (including phenoxy) is 1. The van der Waals surface area contributed by atoms with Crippen LogP contribution in [0.1, 0.15) is 23.3 Å². The van der Waals surface area contributed by atoms with Crippen molar-refractivity contribution in [3.8, 4) is 11.1 Å². The van der Waals surface area contributed by atoms with Crippen LogP contribution in [0.3, 0.4) is 0 Å². The molecule has 4 rings (SSSR count). The summed E-state index contributed by atoms with van der Waals surface area (Å²) >= 11 is 0. The van der Waals surface area contributed by atoms with Crippen LogP contribution < -0.4 is 5.32 Å². The molecule has 1 fully saturated rings. The first kappa shape index (κ1) is 15.4. The summed E-state index contributed by atoms with van der Waals surface area (Å²) in [5, 5.41) is 2.86. The largest absolute Gasteiger partial charge is 0.439 e. The predicted octanol–water partition coefficient (Wildman–Crippen LogP) is 5.01. The smallest absolute Gasteiger partial charge is 0.408 e. The van der Waals surface area contributed by atoms with E-state index in [2.05, 4.69) is 5.32 Å². The molecule has 0 aromatic heterocycles. The quantitative estimate of drug-likeness (QED) is 0.731. The summed E-state index contributed by atoms with van der Waals surface area (Å²) in [4.78, 5) is 11.8. The maximum atomic E-state index is 13.2. The molecule has 3 aromatic carbocycles. The standard InChI is InChI=1S/C21H16FNO2/c22-18-11-9-15(10-12-18)20-19(23-21(24)25-20)17-8-4-7-16(13-17)14-5-2-1-3-6-14/h1-13,19-20H,(H,23,24)/t19-,20-/m0/s1. The van der Waals surface area contributed by atoms with E-state index < -0.39 is 12.2 Å². The van der Waals surface area contributed by atoms with E-state index in [0.717, 1.165) is 22.3 Å². The van der Waals surface area contributed by atoms with E-state index in [0.29, 0.717) is 0 Å². The van der Waals surface area contributed by atoms with Crippen molar-refractivity contribution in [3.63, 3.8) is 0 Å². The zero-order valence-electron chi connectivity index (χ0n) is 13.4. The Hall–Kier alpha value is -3.14. The zero-order chi connectivity index (χ0) is 17.2. The molecule has 0 bridgehead atoms. The highest BCUT2D eigenvalue weighted by atomic mass is 19.1. The molecule has 0 unspecified atom stereocenters. The van der Waals surface area contributed by atoms with Crippen molar-refractivity contribution in [2.24, 2.45) is 0 Å². The molecule has 0 spiro atoms. The summed E-state index contributed by atoms with van der Waals surface area (Å²) in [7, 11) is 0. The van der Waals surface area contributed by atoms with Crippen LogP contribution in [-0.4, -0.2) is 6.09 Å². The Kier molecular flexibility index (Phi) is 3.94. The molecule has 1 heterocycles. The highest BCUT2D eigenvalue weighted by Gasteiger charge is 2.36. The van der Waals surface area contributed by atoms with Gasteiger partial charge in [-0.3, -0.25) is 0 Å².